The van der Waals surface area contributed by atoms with Crippen LogP contribution < -0.4 is 10.6 Å². The van der Waals surface area contributed by atoms with Crippen molar-refractivity contribution < 1.29 is 9.59 Å². The third-order valence-corrected chi connectivity index (χ3v) is 5.67. The molecule has 0 radical (unpaired) electrons. The van der Waals surface area contributed by atoms with E-state index in [0.717, 1.165) is 21.8 Å². The first-order chi connectivity index (χ1) is 15.5. The lowest BCUT2D eigenvalue weighted by Gasteiger charge is -2.07. The number of halogens is 1. The maximum absolute atomic E-state index is 12.5. The number of amides is 2. The second kappa shape index (κ2) is 9.64. The van der Waals surface area contributed by atoms with Crippen LogP contribution in [0.4, 0.5) is 11.4 Å². The van der Waals surface area contributed by atoms with Crippen molar-refractivity contribution in [2.45, 2.75) is 6.92 Å². The molecule has 4 rings (SSSR count). The molecule has 0 fully saturated rings. The average Bonchev–Trinajstić information content (AvgIpc) is 3.44. The second-order valence-electron chi connectivity index (χ2n) is 6.89. The summed E-state index contributed by atoms with van der Waals surface area (Å²) in [5, 5.41) is 12.5. The summed E-state index contributed by atoms with van der Waals surface area (Å²) in [6.45, 7) is 1.40. The van der Waals surface area contributed by atoms with Crippen LogP contribution in [0.5, 0.6) is 0 Å². The normalized spacial score (nSPS) is 10.9. The maximum Gasteiger partial charge on any atom is 0.248 e. The number of carbonyl (C=O) groups is 2. The fourth-order valence-corrected chi connectivity index (χ4v) is 4.02. The highest BCUT2D eigenvalue weighted by molar-refractivity contribution is 7.13. The molecule has 0 atom stereocenters. The van der Waals surface area contributed by atoms with E-state index in [1.54, 1.807) is 40.3 Å². The summed E-state index contributed by atoms with van der Waals surface area (Å²) < 4.78 is 1.80. The van der Waals surface area contributed by atoms with Gasteiger partial charge in [0.05, 0.1) is 21.3 Å². The van der Waals surface area contributed by atoms with Gasteiger partial charge >= 0.3 is 0 Å². The molecule has 2 aromatic heterocycles. The van der Waals surface area contributed by atoms with E-state index >= 15 is 0 Å². The molecular formula is C24H19ClN4O2S. The van der Waals surface area contributed by atoms with Crippen molar-refractivity contribution in [2.75, 3.05) is 10.6 Å². The SMILES string of the molecule is CC(=O)Nc1ccc(NC(=O)/C=C/c2cn(-c3ccccc3)nc2-c2cccs2)cc1Cl. The number of thiophene rings is 1. The number of benzene rings is 2. The van der Waals surface area contributed by atoms with Gasteiger partial charge in [-0.05, 0) is 47.9 Å². The number of hydrogen-bond acceptors (Lipinski definition) is 4. The highest BCUT2D eigenvalue weighted by atomic mass is 35.5. The fraction of sp³-hybridized carbons (Fsp3) is 0.0417. The lowest BCUT2D eigenvalue weighted by molar-refractivity contribution is -0.114. The van der Waals surface area contributed by atoms with Crippen LogP contribution in [0.25, 0.3) is 22.3 Å². The predicted molar refractivity (Wildman–Crippen MR) is 130 cm³/mol. The number of hydrogen-bond donors (Lipinski definition) is 2. The van der Waals surface area contributed by atoms with Crippen molar-refractivity contribution in [3.05, 3.63) is 88.9 Å². The van der Waals surface area contributed by atoms with E-state index in [-0.39, 0.29) is 11.8 Å². The standard InChI is InChI=1S/C24H19ClN4O2S/c1-16(30)26-21-11-10-18(14-20(21)25)27-23(31)12-9-17-15-29(19-6-3-2-4-7-19)28-24(17)22-8-5-13-32-22/h2-15H,1H3,(H,26,30)(H,27,31)/b12-9+. The van der Waals surface area contributed by atoms with E-state index in [1.807, 2.05) is 54.0 Å². The molecular weight excluding hydrogens is 444 g/mol. The average molecular weight is 463 g/mol. The van der Waals surface area contributed by atoms with E-state index in [4.69, 9.17) is 16.7 Å². The van der Waals surface area contributed by atoms with Gasteiger partial charge in [-0.25, -0.2) is 4.68 Å². The first kappa shape index (κ1) is 21.5. The zero-order chi connectivity index (χ0) is 22.5. The Labute approximate surface area is 194 Å². The number of nitrogens with zero attached hydrogens (tertiary/aromatic N) is 2. The Bertz CT molecular complexity index is 1280. The Morgan fingerprint density at radius 2 is 1.88 bits per heavy atom. The van der Waals surface area contributed by atoms with E-state index in [9.17, 15) is 9.59 Å². The van der Waals surface area contributed by atoms with E-state index in [0.29, 0.717) is 16.4 Å². The van der Waals surface area contributed by atoms with Crippen molar-refractivity contribution in [2.24, 2.45) is 0 Å². The van der Waals surface area contributed by atoms with E-state index < -0.39 is 0 Å². The molecule has 0 aliphatic carbocycles. The van der Waals surface area contributed by atoms with Crippen LogP contribution in [-0.2, 0) is 9.59 Å². The molecule has 4 aromatic rings. The zero-order valence-electron chi connectivity index (χ0n) is 17.1. The molecule has 6 nitrogen and oxygen atoms in total. The van der Waals surface area contributed by atoms with Crippen LogP contribution >= 0.6 is 22.9 Å². The number of para-hydroxylation sites is 1. The van der Waals surface area contributed by atoms with Crippen LogP contribution in [0.2, 0.25) is 5.02 Å². The maximum atomic E-state index is 12.5. The zero-order valence-corrected chi connectivity index (χ0v) is 18.7. The van der Waals surface area contributed by atoms with Crippen molar-refractivity contribution in [1.29, 1.82) is 0 Å². The van der Waals surface area contributed by atoms with Gasteiger partial charge in [-0.3, -0.25) is 9.59 Å². The molecule has 2 amide bonds. The molecule has 0 saturated carbocycles. The summed E-state index contributed by atoms with van der Waals surface area (Å²) >= 11 is 7.76. The summed E-state index contributed by atoms with van der Waals surface area (Å²) in [5.41, 5.74) is 3.57. The number of anilines is 2. The van der Waals surface area contributed by atoms with Crippen molar-refractivity contribution in [1.82, 2.24) is 9.78 Å². The molecule has 0 aliphatic heterocycles. The van der Waals surface area contributed by atoms with Crippen molar-refractivity contribution in [3.63, 3.8) is 0 Å². The highest BCUT2D eigenvalue weighted by Crippen LogP contribution is 2.29. The highest BCUT2D eigenvalue weighted by Gasteiger charge is 2.12. The van der Waals surface area contributed by atoms with E-state index in [1.165, 1.54) is 13.0 Å². The first-order valence-electron chi connectivity index (χ1n) is 9.75. The fourth-order valence-electron chi connectivity index (χ4n) is 3.06. The summed E-state index contributed by atoms with van der Waals surface area (Å²) in [7, 11) is 0. The van der Waals surface area contributed by atoms with Gasteiger partial charge in [0.25, 0.3) is 0 Å². The number of aromatic nitrogens is 2. The van der Waals surface area contributed by atoms with Crippen molar-refractivity contribution >= 4 is 52.2 Å². The Morgan fingerprint density at radius 3 is 2.56 bits per heavy atom. The molecule has 0 bridgehead atoms. The Balaban J connectivity index is 1.55. The molecule has 2 aromatic carbocycles. The van der Waals surface area contributed by atoms with Crippen LogP contribution in [-0.4, -0.2) is 21.6 Å². The van der Waals surface area contributed by atoms with Gasteiger partial charge in [0.1, 0.15) is 5.69 Å². The first-order valence-corrected chi connectivity index (χ1v) is 11.0. The quantitative estimate of drug-likeness (QED) is 0.352. The largest absolute Gasteiger partial charge is 0.325 e. The van der Waals surface area contributed by atoms with Gasteiger partial charge in [-0.15, -0.1) is 11.3 Å². The Kier molecular flexibility index (Phi) is 6.49. The number of rotatable bonds is 6. The molecule has 0 spiro atoms. The molecule has 0 saturated heterocycles. The minimum Gasteiger partial charge on any atom is -0.325 e. The second-order valence-corrected chi connectivity index (χ2v) is 8.24. The Hall–Kier alpha value is -3.68. The van der Waals surface area contributed by atoms with Gasteiger partial charge in [-0.1, -0.05) is 35.9 Å². The van der Waals surface area contributed by atoms with Crippen LogP contribution in [0.15, 0.2) is 78.3 Å². The smallest absolute Gasteiger partial charge is 0.248 e. The monoisotopic (exact) mass is 462 g/mol. The van der Waals surface area contributed by atoms with Crippen LogP contribution in [0, 0.1) is 0 Å². The van der Waals surface area contributed by atoms with Crippen LogP contribution in [0.3, 0.4) is 0 Å². The van der Waals surface area contributed by atoms with Crippen molar-refractivity contribution in [3.8, 4) is 16.3 Å². The summed E-state index contributed by atoms with van der Waals surface area (Å²) in [5.74, 6) is -0.526. The molecule has 0 unspecified atom stereocenters. The molecule has 8 heteroatoms. The predicted octanol–water partition coefficient (Wildman–Crippen LogP) is 5.86. The third kappa shape index (κ3) is 5.14. The summed E-state index contributed by atoms with van der Waals surface area (Å²) in [6, 6.07) is 18.7. The number of nitrogens with one attached hydrogen (secondary N) is 2. The van der Waals surface area contributed by atoms with Gasteiger partial charge in [0.15, 0.2) is 0 Å². The lowest BCUT2D eigenvalue weighted by Crippen LogP contribution is -2.09. The van der Waals surface area contributed by atoms with Gasteiger partial charge in [-0.2, -0.15) is 5.10 Å². The lowest BCUT2D eigenvalue weighted by atomic mass is 10.2. The summed E-state index contributed by atoms with van der Waals surface area (Å²) in [4.78, 5) is 24.7. The molecule has 0 aliphatic rings. The molecule has 2 N–H and O–H groups in total. The Morgan fingerprint density at radius 1 is 1.06 bits per heavy atom. The molecule has 2 heterocycles. The topological polar surface area (TPSA) is 76.0 Å². The van der Waals surface area contributed by atoms with Gasteiger partial charge in [0.2, 0.25) is 11.8 Å². The third-order valence-electron chi connectivity index (χ3n) is 4.48. The van der Waals surface area contributed by atoms with E-state index in [2.05, 4.69) is 10.6 Å². The minimum absolute atomic E-state index is 0.218. The van der Waals surface area contributed by atoms with Gasteiger partial charge in [0, 0.05) is 30.4 Å². The molecule has 32 heavy (non-hydrogen) atoms. The molecule has 160 valence electrons. The number of carbonyl (C=O) groups excluding carboxylic acids is 2. The van der Waals surface area contributed by atoms with Crippen LogP contribution in [0.1, 0.15) is 12.5 Å². The minimum atomic E-state index is -0.307. The summed E-state index contributed by atoms with van der Waals surface area (Å²) in [6.07, 6.45) is 5.09. The van der Waals surface area contributed by atoms with Gasteiger partial charge < -0.3 is 10.6 Å².